The average Bonchev–Trinajstić information content (AvgIpc) is 2.27. The van der Waals surface area contributed by atoms with Gasteiger partial charge in [-0.3, -0.25) is 4.79 Å². The van der Waals surface area contributed by atoms with Crippen LogP contribution in [0.4, 0.5) is 0 Å². The molecule has 1 aromatic rings. The topological polar surface area (TPSA) is 58.6 Å². The molecular weight excluding hydrogens is 230 g/mol. The van der Waals surface area contributed by atoms with Gasteiger partial charge in [0.05, 0.1) is 12.6 Å². The van der Waals surface area contributed by atoms with Crippen LogP contribution < -0.4 is 5.32 Å². The highest BCUT2D eigenvalue weighted by Crippen LogP contribution is 2.15. The van der Waals surface area contributed by atoms with Crippen LogP contribution in [0.2, 0.25) is 5.02 Å². The molecule has 1 amide bonds. The number of ether oxygens (including phenoxy) is 1. The van der Waals surface area contributed by atoms with Crippen molar-refractivity contribution in [3.63, 3.8) is 0 Å². The third-order valence-electron chi connectivity index (χ3n) is 2.07. The van der Waals surface area contributed by atoms with Crippen LogP contribution in [0.15, 0.2) is 24.3 Å². The number of amides is 1. The largest absolute Gasteiger partial charge is 0.394 e. The molecule has 2 N–H and O–H groups in total. The lowest BCUT2D eigenvalue weighted by molar-refractivity contribution is -0.125. The van der Waals surface area contributed by atoms with Gasteiger partial charge in [0.15, 0.2) is 0 Å². The summed E-state index contributed by atoms with van der Waals surface area (Å²) in [6.45, 7) is -0.193. The molecule has 1 aromatic carbocycles. The zero-order valence-electron chi connectivity index (χ0n) is 8.94. The van der Waals surface area contributed by atoms with Crippen LogP contribution in [-0.4, -0.2) is 31.3 Å². The van der Waals surface area contributed by atoms with E-state index in [1.807, 2.05) is 0 Å². The molecule has 4 nitrogen and oxygen atoms in total. The van der Waals surface area contributed by atoms with Gasteiger partial charge in [0.25, 0.3) is 0 Å². The predicted molar refractivity (Wildman–Crippen MR) is 61.3 cm³/mol. The molecule has 88 valence electrons. The van der Waals surface area contributed by atoms with E-state index >= 15 is 0 Å². The van der Waals surface area contributed by atoms with Gasteiger partial charge < -0.3 is 15.2 Å². The first kappa shape index (κ1) is 13.0. The second-order valence-electron chi connectivity index (χ2n) is 3.29. The zero-order chi connectivity index (χ0) is 12.0. The molecule has 1 atom stereocenters. The van der Waals surface area contributed by atoms with Crippen molar-refractivity contribution in [3.8, 4) is 0 Å². The SMILES string of the molecule is COCC(=O)NC(CO)c1ccc(Cl)cc1. The van der Waals surface area contributed by atoms with E-state index in [1.165, 1.54) is 7.11 Å². The Balaban J connectivity index is 2.67. The molecule has 0 fully saturated rings. The molecule has 0 spiro atoms. The number of nitrogens with one attached hydrogen (secondary N) is 1. The van der Waals surface area contributed by atoms with E-state index < -0.39 is 6.04 Å². The summed E-state index contributed by atoms with van der Waals surface area (Å²) in [7, 11) is 1.44. The number of aliphatic hydroxyl groups is 1. The summed E-state index contributed by atoms with van der Waals surface area (Å²) in [6, 6.07) is 6.51. The maximum absolute atomic E-state index is 11.3. The number of methoxy groups -OCH3 is 1. The van der Waals surface area contributed by atoms with Gasteiger partial charge in [-0.2, -0.15) is 0 Å². The van der Waals surface area contributed by atoms with E-state index in [9.17, 15) is 9.90 Å². The summed E-state index contributed by atoms with van der Waals surface area (Å²) in [5.74, 6) is -0.267. The molecule has 0 aliphatic rings. The molecule has 1 rings (SSSR count). The van der Waals surface area contributed by atoms with E-state index in [0.29, 0.717) is 5.02 Å². The van der Waals surface area contributed by atoms with Gasteiger partial charge in [-0.15, -0.1) is 0 Å². The molecule has 0 radical (unpaired) electrons. The summed E-state index contributed by atoms with van der Waals surface area (Å²) in [4.78, 5) is 11.3. The number of hydrogen-bond donors (Lipinski definition) is 2. The molecule has 5 heteroatoms. The Morgan fingerprint density at radius 3 is 2.62 bits per heavy atom. The summed E-state index contributed by atoms with van der Waals surface area (Å²) in [5, 5.41) is 12.4. The van der Waals surface area contributed by atoms with Gasteiger partial charge in [-0.05, 0) is 17.7 Å². The highest BCUT2D eigenvalue weighted by molar-refractivity contribution is 6.30. The van der Waals surface area contributed by atoms with Crippen LogP contribution in [0, 0.1) is 0 Å². The monoisotopic (exact) mass is 243 g/mol. The Morgan fingerprint density at radius 2 is 2.12 bits per heavy atom. The molecule has 0 heterocycles. The Kier molecular flexibility index (Phi) is 5.25. The molecule has 0 aliphatic heterocycles. The quantitative estimate of drug-likeness (QED) is 0.815. The van der Waals surface area contributed by atoms with Crippen molar-refractivity contribution in [1.29, 1.82) is 0 Å². The maximum atomic E-state index is 11.3. The van der Waals surface area contributed by atoms with Crippen LogP contribution in [0.25, 0.3) is 0 Å². The second-order valence-corrected chi connectivity index (χ2v) is 3.72. The fourth-order valence-electron chi connectivity index (χ4n) is 1.30. The number of aliphatic hydroxyl groups excluding tert-OH is 1. The summed E-state index contributed by atoms with van der Waals surface area (Å²) < 4.78 is 4.69. The molecular formula is C11H14ClNO3. The van der Waals surface area contributed by atoms with Gasteiger partial charge in [0.2, 0.25) is 5.91 Å². The standard InChI is InChI=1S/C11H14ClNO3/c1-16-7-11(15)13-10(6-14)8-2-4-9(12)5-3-8/h2-5,10,14H,6-7H2,1H3,(H,13,15). The van der Waals surface area contributed by atoms with Crippen LogP contribution in [0.1, 0.15) is 11.6 Å². The molecule has 0 aliphatic carbocycles. The number of carbonyl (C=O) groups is 1. The van der Waals surface area contributed by atoms with Crippen LogP contribution >= 0.6 is 11.6 Å². The Labute approximate surface area is 99.2 Å². The van der Waals surface area contributed by atoms with Crippen molar-refractivity contribution in [2.24, 2.45) is 0 Å². The normalized spacial score (nSPS) is 12.2. The second kappa shape index (κ2) is 6.48. The summed E-state index contributed by atoms with van der Waals surface area (Å²) in [5.41, 5.74) is 0.802. The first-order chi connectivity index (χ1) is 7.67. The van der Waals surface area contributed by atoms with E-state index in [0.717, 1.165) is 5.56 Å². The van der Waals surface area contributed by atoms with Gasteiger partial charge in [0.1, 0.15) is 6.61 Å². The maximum Gasteiger partial charge on any atom is 0.246 e. The van der Waals surface area contributed by atoms with Gasteiger partial charge in [-0.1, -0.05) is 23.7 Å². The van der Waals surface area contributed by atoms with Crippen molar-refractivity contribution >= 4 is 17.5 Å². The summed E-state index contributed by atoms with van der Waals surface area (Å²) >= 11 is 5.75. The first-order valence-corrected chi connectivity index (χ1v) is 5.19. The van der Waals surface area contributed by atoms with Crippen molar-refractivity contribution in [1.82, 2.24) is 5.32 Å². The Hall–Kier alpha value is -1.10. The average molecular weight is 244 g/mol. The van der Waals surface area contributed by atoms with E-state index in [-0.39, 0.29) is 19.1 Å². The highest BCUT2D eigenvalue weighted by atomic mass is 35.5. The van der Waals surface area contributed by atoms with Crippen LogP contribution in [0.5, 0.6) is 0 Å². The lowest BCUT2D eigenvalue weighted by Gasteiger charge is -2.16. The highest BCUT2D eigenvalue weighted by Gasteiger charge is 2.12. The molecule has 1 unspecified atom stereocenters. The van der Waals surface area contributed by atoms with Gasteiger partial charge >= 0.3 is 0 Å². The van der Waals surface area contributed by atoms with Gasteiger partial charge in [0, 0.05) is 12.1 Å². The lowest BCUT2D eigenvalue weighted by Crippen LogP contribution is -2.33. The predicted octanol–water partition coefficient (Wildman–Crippen LogP) is 1.14. The Bertz CT molecular complexity index is 340. The molecule has 0 saturated carbocycles. The minimum Gasteiger partial charge on any atom is -0.394 e. The zero-order valence-corrected chi connectivity index (χ0v) is 9.70. The van der Waals surface area contributed by atoms with Crippen molar-refractivity contribution < 1.29 is 14.6 Å². The minimum absolute atomic E-state index is 0.0237. The molecule has 0 saturated heterocycles. The van der Waals surface area contributed by atoms with E-state index in [4.69, 9.17) is 11.6 Å². The third-order valence-corrected chi connectivity index (χ3v) is 2.32. The first-order valence-electron chi connectivity index (χ1n) is 4.82. The van der Waals surface area contributed by atoms with Crippen molar-refractivity contribution in [3.05, 3.63) is 34.9 Å². The molecule has 16 heavy (non-hydrogen) atoms. The van der Waals surface area contributed by atoms with Crippen LogP contribution in [-0.2, 0) is 9.53 Å². The van der Waals surface area contributed by atoms with E-state index in [2.05, 4.69) is 10.1 Å². The van der Waals surface area contributed by atoms with Crippen molar-refractivity contribution in [2.75, 3.05) is 20.3 Å². The lowest BCUT2D eigenvalue weighted by atomic mass is 10.1. The molecule has 0 bridgehead atoms. The number of benzene rings is 1. The number of hydrogen-bond acceptors (Lipinski definition) is 3. The fourth-order valence-corrected chi connectivity index (χ4v) is 1.42. The van der Waals surface area contributed by atoms with E-state index in [1.54, 1.807) is 24.3 Å². The number of rotatable bonds is 5. The fraction of sp³-hybridized carbons (Fsp3) is 0.364. The molecule has 0 aromatic heterocycles. The van der Waals surface area contributed by atoms with Gasteiger partial charge in [-0.25, -0.2) is 0 Å². The minimum atomic E-state index is -0.431. The van der Waals surface area contributed by atoms with Crippen LogP contribution in [0.3, 0.4) is 0 Å². The van der Waals surface area contributed by atoms with Crippen molar-refractivity contribution in [2.45, 2.75) is 6.04 Å². The Morgan fingerprint density at radius 1 is 1.50 bits per heavy atom. The number of halogens is 1. The number of carbonyl (C=O) groups excluding carboxylic acids is 1. The summed E-state index contributed by atoms with van der Waals surface area (Å²) in [6.07, 6.45) is 0. The smallest absolute Gasteiger partial charge is 0.246 e. The third kappa shape index (κ3) is 3.81.